The predicted molar refractivity (Wildman–Crippen MR) is 92.9 cm³/mol. The molecule has 128 valence electrons. The minimum atomic E-state index is 0.0563. The van der Waals surface area contributed by atoms with Gasteiger partial charge in [0.05, 0.1) is 17.9 Å². The number of amides is 1. The van der Waals surface area contributed by atoms with Crippen LogP contribution < -0.4 is 0 Å². The van der Waals surface area contributed by atoms with Crippen molar-refractivity contribution in [2.24, 2.45) is 13.0 Å². The minimum Gasteiger partial charge on any atom is -0.379 e. The zero-order valence-electron chi connectivity index (χ0n) is 14.6. The van der Waals surface area contributed by atoms with E-state index in [1.54, 1.807) is 18.0 Å². The van der Waals surface area contributed by atoms with Gasteiger partial charge in [0.25, 0.3) is 5.91 Å². The van der Waals surface area contributed by atoms with E-state index in [1.807, 2.05) is 24.9 Å². The number of aromatic nitrogens is 2. The highest BCUT2D eigenvalue weighted by Gasteiger charge is 2.32. The fraction of sp³-hybridized carbons (Fsp3) is 0.474. The Balaban J connectivity index is 1.68. The van der Waals surface area contributed by atoms with Gasteiger partial charge in [0.2, 0.25) is 0 Å². The van der Waals surface area contributed by atoms with Gasteiger partial charge in [0.1, 0.15) is 0 Å². The Morgan fingerprint density at radius 2 is 2.08 bits per heavy atom. The number of benzene rings is 1. The van der Waals surface area contributed by atoms with Crippen LogP contribution >= 0.6 is 0 Å². The van der Waals surface area contributed by atoms with Gasteiger partial charge in [-0.05, 0) is 31.2 Å². The Morgan fingerprint density at radius 3 is 2.71 bits per heavy atom. The number of carbonyl (C=O) groups excluding carboxylic acids is 1. The number of ether oxygens (including phenoxy) is 1. The average molecular weight is 327 g/mol. The average Bonchev–Trinajstić information content (AvgIpc) is 2.94. The molecule has 0 aliphatic carbocycles. The van der Waals surface area contributed by atoms with Gasteiger partial charge in [-0.2, -0.15) is 5.10 Å². The highest BCUT2D eigenvalue weighted by atomic mass is 16.5. The SMILES string of the molecule is CO[C@@H]1CN(C(=O)c2cnn(C)c2C)CC[C@@H]1Cc1ccccc1. The Hall–Kier alpha value is -2.14. The van der Waals surface area contributed by atoms with Crippen molar-refractivity contribution in [3.63, 3.8) is 0 Å². The molecular weight excluding hydrogens is 302 g/mol. The number of nitrogens with zero attached hydrogens (tertiary/aromatic N) is 3. The lowest BCUT2D eigenvalue weighted by Crippen LogP contribution is -2.48. The maximum atomic E-state index is 12.8. The summed E-state index contributed by atoms with van der Waals surface area (Å²) < 4.78 is 7.45. The van der Waals surface area contributed by atoms with Crippen LogP contribution in [0.25, 0.3) is 0 Å². The van der Waals surface area contributed by atoms with Crippen LogP contribution in [0, 0.1) is 12.8 Å². The van der Waals surface area contributed by atoms with Crippen molar-refractivity contribution in [1.29, 1.82) is 0 Å². The molecule has 3 rings (SSSR count). The van der Waals surface area contributed by atoms with Crippen molar-refractivity contribution in [2.45, 2.75) is 25.9 Å². The molecule has 5 heteroatoms. The van der Waals surface area contributed by atoms with Gasteiger partial charge in [0.15, 0.2) is 0 Å². The van der Waals surface area contributed by atoms with E-state index in [1.165, 1.54) is 5.56 Å². The van der Waals surface area contributed by atoms with Crippen molar-refractivity contribution in [3.05, 3.63) is 53.3 Å². The van der Waals surface area contributed by atoms with Gasteiger partial charge >= 0.3 is 0 Å². The lowest BCUT2D eigenvalue weighted by Gasteiger charge is -2.38. The highest BCUT2D eigenvalue weighted by Crippen LogP contribution is 2.25. The molecule has 0 spiro atoms. The van der Waals surface area contributed by atoms with Crippen molar-refractivity contribution in [3.8, 4) is 0 Å². The van der Waals surface area contributed by atoms with Crippen LogP contribution in [-0.4, -0.2) is 46.9 Å². The van der Waals surface area contributed by atoms with Crippen LogP contribution in [0.3, 0.4) is 0 Å². The number of piperidine rings is 1. The number of aryl methyl sites for hydroxylation is 1. The molecule has 1 aromatic carbocycles. The second-order valence-electron chi connectivity index (χ2n) is 6.53. The first-order valence-electron chi connectivity index (χ1n) is 8.44. The molecular formula is C19H25N3O2. The van der Waals surface area contributed by atoms with Crippen LogP contribution in [0.1, 0.15) is 28.0 Å². The molecule has 1 aromatic heterocycles. The smallest absolute Gasteiger partial charge is 0.257 e. The number of hydrogen-bond acceptors (Lipinski definition) is 3. The van der Waals surface area contributed by atoms with Crippen LogP contribution in [0.4, 0.5) is 0 Å². The highest BCUT2D eigenvalue weighted by molar-refractivity contribution is 5.95. The van der Waals surface area contributed by atoms with Crippen LogP contribution in [0.5, 0.6) is 0 Å². The fourth-order valence-electron chi connectivity index (χ4n) is 3.45. The zero-order chi connectivity index (χ0) is 17.1. The third kappa shape index (κ3) is 3.36. The van der Waals surface area contributed by atoms with E-state index >= 15 is 0 Å². The van der Waals surface area contributed by atoms with Crippen LogP contribution in [0.15, 0.2) is 36.5 Å². The fourth-order valence-corrected chi connectivity index (χ4v) is 3.45. The number of carbonyl (C=O) groups is 1. The predicted octanol–water partition coefficient (Wildman–Crippen LogP) is 2.45. The molecule has 1 aliphatic heterocycles. The van der Waals surface area contributed by atoms with Crippen molar-refractivity contribution in [2.75, 3.05) is 20.2 Å². The Kier molecular flexibility index (Phi) is 5.00. The quantitative estimate of drug-likeness (QED) is 0.866. The zero-order valence-corrected chi connectivity index (χ0v) is 14.6. The van der Waals surface area contributed by atoms with E-state index in [9.17, 15) is 4.79 Å². The second-order valence-corrected chi connectivity index (χ2v) is 6.53. The van der Waals surface area contributed by atoms with E-state index in [4.69, 9.17) is 4.74 Å². The maximum Gasteiger partial charge on any atom is 0.257 e. The largest absolute Gasteiger partial charge is 0.379 e. The molecule has 0 saturated carbocycles. The Labute approximate surface area is 143 Å². The molecule has 2 heterocycles. The summed E-state index contributed by atoms with van der Waals surface area (Å²) in [5.41, 5.74) is 2.92. The third-order valence-corrected chi connectivity index (χ3v) is 5.09. The standard InChI is InChI=1S/C19H25N3O2/c1-14-17(12-20-21(14)2)19(23)22-10-9-16(18(13-22)24-3)11-15-7-5-4-6-8-15/h4-8,12,16,18H,9-11,13H2,1-3H3/t16-,18-/m1/s1. The first-order valence-corrected chi connectivity index (χ1v) is 8.44. The number of methoxy groups -OCH3 is 1. The summed E-state index contributed by atoms with van der Waals surface area (Å²) >= 11 is 0. The van der Waals surface area contributed by atoms with Crippen molar-refractivity contribution in [1.82, 2.24) is 14.7 Å². The monoisotopic (exact) mass is 327 g/mol. The van der Waals surface area contributed by atoms with Crippen LogP contribution in [-0.2, 0) is 18.2 Å². The van der Waals surface area contributed by atoms with Crippen molar-refractivity contribution < 1.29 is 9.53 Å². The number of likely N-dealkylation sites (tertiary alicyclic amines) is 1. The molecule has 5 nitrogen and oxygen atoms in total. The van der Waals surface area contributed by atoms with E-state index < -0.39 is 0 Å². The van der Waals surface area contributed by atoms with Crippen molar-refractivity contribution >= 4 is 5.91 Å². The molecule has 24 heavy (non-hydrogen) atoms. The van der Waals surface area contributed by atoms with Gasteiger partial charge in [0, 0.05) is 32.9 Å². The summed E-state index contributed by atoms with van der Waals surface area (Å²) in [4.78, 5) is 14.7. The van der Waals surface area contributed by atoms with Gasteiger partial charge in [-0.1, -0.05) is 30.3 Å². The van der Waals surface area contributed by atoms with Gasteiger partial charge in [-0.3, -0.25) is 9.48 Å². The molecule has 2 atom stereocenters. The lowest BCUT2D eigenvalue weighted by molar-refractivity contribution is -0.00699. The van der Waals surface area contributed by atoms with E-state index in [2.05, 4.69) is 29.4 Å². The number of hydrogen-bond donors (Lipinski definition) is 0. The number of rotatable bonds is 4. The Morgan fingerprint density at radius 1 is 1.33 bits per heavy atom. The lowest BCUT2D eigenvalue weighted by atomic mass is 9.87. The van der Waals surface area contributed by atoms with E-state index in [0.29, 0.717) is 18.0 Å². The first-order chi connectivity index (χ1) is 11.6. The normalized spacial score (nSPS) is 21.0. The molecule has 0 unspecified atom stereocenters. The topological polar surface area (TPSA) is 47.4 Å². The van der Waals surface area contributed by atoms with E-state index in [-0.39, 0.29) is 12.0 Å². The van der Waals surface area contributed by atoms with Gasteiger partial charge in [-0.25, -0.2) is 0 Å². The van der Waals surface area contributed by atoms with Gasteiger partial charge < -0.3 is 9.64 Å². The summed E-state index contributed by atoms with van der Waals surface area (Å²) in [6, 6.07) is 10.5. The molecule has 2 aromatic rings. The summed E-state index contributed by atoms with van der Waals surface area (Å²) in [6.45, 7) is 3.34. The summed E-state index contributed by atoms with van der Waals surface area (Å²) in [6.07, 6.45) is 3.68. The summed E-state index contributed by atoms with van der Waals surface area (Å²) in [7, 11) is 3.60. The van der Waals surface area contributed by atoms with Crippen LogP contribution in [0.2, 0.25) is 0 Å². The molecule has 1 saturated heterocycles. The minimum absolute atomic E-state index is 0.0563. The maximum absolute atomic E-state index is 12.8. The third-order valence-electron chi connectivity index (χ3n) is 5.09. The molecule has 1 fully saturated rings. The first kappa shape index (κ1) is 16.7. The molecule has 0 radical (unpaired) electrons. The van der Waals surface area contributed by atoms with E-state index in [0.717, 1.165) is 25.1 Å². The molecule has 0 bridgehead atoms. The summed E-state index contributed by atoms with van der Waals surface area (Å²) in [5.74, 6) is 0.497. The Bertz CT molecular complexity index is 696. The molecule has 0 N–H and O–H groups in total. The molecule has 1 amide bonds. The summed E-state index contributed by atoms with van der Waals surface area (Å²) in [5, 5.41) is 4.18. The van der Waals surface area contributed by atoms with Gasteiger partial charge in [-0.15, -0.1) is 0 Å². The molecule has 1 aliphatic rings. The second kappa shape index (κ2) is 7.18.